The number of unbranched alkanes of at least 4 members (excludes halogenated alkanes) is 1. The van der Waals surface area contributed by atoms with Crippen molar-refractivity contribution in [2.45, 2.75) is 91.1 Å². The molecule has 6 heteroatoms. The minimum Gasteiger partial charge on any atom is -0.354 e. The Kier molecular flexibility index (Phi) is 6.96. The summed E-state index contributed by atoms with van der Waals surface area (Å²) in [7, 11) is 0. The molecule has 1 aromatic heterocycles. The van der Waals surface area contributed by atoms with Gasteiger partial charge in [0, 0.05) is 17.7 Å². The maximum atomic E-state index is 13.3. The van der Waals surface area contributed by atoms with Gasteiger partial charge in [-0.1, -0.05) is 57.9 Å². The Balaban J connectivity index is 1.52. The summed E-state index contributed by atoms with van der Waals surface area (Å²) in [4.78, 5) is 42.6. The van der Waals surface area contributed by atoms with Gasteiger partial charge in [0.1, 0.15) is 11.7 Å². The van der Waals surface area contributed by atoms with Gasteiger partial charge in [0.15, 0.2) is 5.78 Å². The molecule has 4 rings (SSSR count). The fraction of sp³-hybridized carbons (Fsp3) is 0.536. The van der Waals surface area contributed by atoms with Gasteiger partial charge in [-0.2, -0.15) is 0 Å². The first-order valence-electron chi connectivity index (χ1n) is 12.6. The van der Waals surface area contributed by atoms with E-state index < -0.39 is 6.04 Å². The normalized spacial score (nSPS) is 19.6. The first-order chi connectivity index (χ1) is 16.2. The van der Waals surface area contributed by atoms with E-state index in [1.807, 2.05) is 19.1 Å². The summed E-state index contributed by atoms with van der Waals surface area (Å²) in [6.45, 7) is 8.03. The third-order valence-corrected chi connectivity index (χ3v) is 7.28. The summed E-state index contributed by atoms with van der Waals surface area (Å²) in [6.07, 6.45) is 6.52. The molecule has 2 unspecified atom stereocenters. The van der Waals surface area contributed by atoms with Crippen LogP contribution >= 0.6 is 0 Å². The predicted octanol–water partition coefficient (Wildman–Crippen LogP) is 4.96. The standard InChI is InChI=1S/C28H37N3O3/c1-5-6-13-21(26(33)30-20-14-9-11-18-10-7-8-12-19(18)20)31-27(34)25-17(2)24-22(29-25)15-28(3,4)16-23(24)32/h7-8,10,12,20-21,29H,5-6,9,11,13-16H2,1-4H3,(H,30,33)(H,31,34). The monoisotopic (exact) mass is 463 g/mol. The Morgan fingerprint density at radius 2 is 1.97 bits per heavy atom. The molecule has 2 aromatic rings. The summed E-state index contributed by atoms with van der Waals surface area (Å²) in [5, 5.41) is 6.18. The molecule has 182 valence electrons. The van der Waals surface area contributed by atoms with Crippen molar-refractivity contribution >= 4 is 17.6 Å². The Hall–Kier alpha value is -2.89. The third-order valence-electron chi connectivity index (χ3n) is 7.28. The highest BCUT2D eigenvalue weighted by molar-refractivity contribution is 6.05. The van der Waals surface area contributed by atoms with Crippen molar-refractivity contribution in [3.05, 3.63) is 57.9 Å². The van der Waals surface area contributed by atoms with Gasteiger partial charge >= 0.3 is 0 Å². The topological polar surface area (TPSA) is 91.1 Å². The Morgan fingerprint density at radius 1 is 1.21 bits per heavy atom. The first-order valence-corrected chi connectivity index (χ1v) is 12.6. The highest BCUT2D eigenvalue weighted by Crippen LogP contribution is 2.36. The smallest absolute Gasteiger partial charge is 0.268 e. The summed E-state index contributed by atoms with van der Waals surface area (Å²) in [5.41, 5.74) is 4.90. The number of carbonyl (C=O) groups excluding carboxylic acids is 3. The van der Waals surface area contributed by atoms with Gasteiger partial charge in [-0.25, -0.2) is 0 Å². The van der Waals surface area contributed by atoms with Crippen LogP contribution in [0.5, 0.6) is 0 Å². The molecule has 2 amide bonds. The van der Waals surface area contributed by atoms with Crippen LogP contribution in [-0.4, -0.2) is 28.6 Å². The number of H-pyrrole nitrogens is 1. The van der Waals surface area contributed by atoms with Gasteiger partial charge in [-0.3, -0.25) is 14.4 Å². The quantitative estimate of drug-likeness (QED) is 0.542. The number of fused-ring (bicyclic) bond motifs is 2. The number of ketones is 1. The molecule has 0 radical (unpaired) electrons. The van der Waals surface area contributed by atoms with Crippen molar-refractivity contribution in [1.29, 1.82) is 0 Å². The number of aromatic amines is 1. The van der Waals surface area contributed by atoms with Crippen molar-refractivity contribution in [2.24, 2.45) is 5.41 Å². The number of carbonyl (C=O) groups is 3. The van der Waals surface area contributed by atoms with E-state index in [9.17, 15) is 14.4 Å². The molecule has 0 saturated carbocycles. The molecule has 0 saturated heterocycles. The van der Waals surface area contributed by atoms with Gasteiger partial charge in [-0.15, -0.1) is 0 Å². The number of Topliss-reactive ketones (excluding diaryl/α,β-unsaturated/α-hetero) is 1. The number of rotatable bonds is 7. The summed E-state index contributed by atoms with van der Waals surface area (Å²) < 4.78 is 0. The van der Waals surface area contributed by atoms with Crippen molar-refractivity contribution in [3.8, 4) is 0 Å². The minimum absolute atomic E-state index is 0.0298. The number of amides is 2. The van der Waals surface area contributed by atoms with Gasteiger partial charge in [0.25, 0.3) is 5.91 Å². The molecule has 0 bridgehead atoms. The van der Waals surface area contributed by atoms with Crippen LogP contribution in [0.15, 0.2) is 24.3 Å². The second-order valence-electron chi connectivity index (χ2n) is 10.7. The lowest BCUT2D eigenvalue weighted by molar-refractivity contribution is -0.124. The van der Waals surface area contributed by atoms with E-state index in [0.29, 0.717) is 29.7 Å². The van der Waals surface area contributed by atoms with Crippen molar-refractivity contribution in [1.82, 2.24) is 15.6 Å². The van der Waals surface area contributed by atoms with Crippen LogP contribution in [0, 0.1) is 12.3 Å². The zero-order valence-corrected chi connectivity index (χ0v) is 20.8. The average molecular weight is 464 g/mol. The number of aryl methyl sites for hydroxylation is 1. The molecule has 0 fully saturated rings. The van der Waals surface area contributed by atoms with E-state index >= 15 is 0 Å². The maximum absolute atomic E-state index is 13.3. The van der Waals surface area contributed by atoms with E-state index in [1.54, 1.807) is 0 Å². The van der Waals surface area contributed by atoms with Crippen LogP contribution in [0.2, 0.25) is 0 Å². The Bertz CT molecular complexity index is 1100. The maximum Gasteiger partial charge on any atom is 0.268 e. The highest BCUT2D eigenvalue weighted by atomic mass is 16.2. The van der Waals surface area contributed by atoms with Gasteiger partial charge in [-0.05, 0) is 61.1 Å². The second-order valence-corrected chi connectivity index (χ2v) is 10.7. The third kappa shape index (κ3) is 4.96. The summed E-state index contributed by atoms with van der Waals surface area (Å²) in [6, 6.07) is 7.62. The number of nitrogens with one attached hydrogen (secondary N) is 3. The fourth-order valence-corrected chi connectivity index (χ4v) is 5.54. The van der Waals surface area contributed by atoms with Gasteiger partial charge in [0.2, 0.25) is 5.91 Å². The lowest BCUT2D eigenvalue weighted by Crippen LogP contribution is -2.48. The molecule has 1 heterocycles. The number of hydrogen-bond donors (Lipinski definition) is 3. The zero-order valence-electron chi connectivity index (χ0n) is 20.8. The van der Waals surface area contributed by atoms with Gasteiger partial charge in [0.05, 0.1) is 6.04 Å². The van der Waals surface area contributed by atoms with Crippen LogP contribution in [0.3, 0.4) is 0 Å². The predicted molar refractivity (Wildman–Crippen MR) is 133 cm³/mol. The van der Waals surface area contributed by atoms with Crippen LogP contribution in [-0.2, 0) is 17.6 Å². The van der Waals surface area contributed by atoms with Crippen LogP contribution in [0.25, 0.3) is 0 Å². The molecule has 3 N–H and O–H groups in total. The zero-order chi connectivity index (χ0) is 24.5. The van der Waals surface area contributed by atoms with Gasteiger partial charge < -0.3 is 15.6 Å². The molecular formula is C28H37N3O3. The van der Waals surface area contributed by atoms with Crippen LogP contribution < -0.4 is 10.6 Å². The molecular weight excluding hydrogens is 426 g/mol. The average Bonchev–Trinajstić information content (AvgIpc) is 3.11. The largest absolute Gasteiger partial charge is 0.354 e. The fourth-order valence-electron chi connectivity index (χ4n) is 5.54. The van der Waals surface area contributed by atoms with Crippen LogP contribution in [0.1, 0.15) is 109 Å². The summed E-state index contributed by atoms with van der Waals surface area (Å²) >= 11 is 0. The summed E-state index contributed by atoms with van der Waals surface area (Å²) in [5.74, 6) is -0.386. The number of hydrogen-bond acceptors (Lipinski definition) is 3. The van der Waals surface area contributed by atoms with E-state index in [0.717, 1.165) is 44.2 Å². The van der Waals surface area contributed by atoms with Crippen molar-refractivity contribution < 1.29 is 14.4 Å². The van der Waals surface area contributed by atoms with E-state index in [4.69, 9.17) is 0 Å². The molecule has 0 spiro atoms. The number of aromatic nitrogens is 1. The molecule has 6 nitrogen and oxygen atoms in total. The molecule has 2 aliphatic carbocycles. The van der Waals surface area contributed by atoms with Crippen LogP contribution in [0.4, 0.5) is 0 Å². The van der Waals surface area contributed by atoms with E-state index in [-0.39, 0.29) is 29.1 Å². The SMILES string of the molecule is CCCCC(NC(=O)c1[nH]c2c(c1C)C(=O)CC(C)(C)C2)C(=O)NC1CCCc2ccccc21. The molecule has 1 aromatic carbocycles. The molecule has 2 atom stereocenters. The minimum atomic E-state index is -0.617. The molecule has 34 heavy (non-hydrogen) atoms. The lowest BCUT2D eigenvalue weighted by atomic mass is 9.75. The van der Waals surface area contributed by atoms with E-state index in [2.05, 4.69) is 48.5 Å². The first kappa shape index (κ1) is 24.2. The second kappa shape index (κ2) is 9.77. The Morgan fingerprint density at radius 3 is 2.74 bits per heavy atom. The molecule has 0 aliphatic heterocycles. The van der Waals surface area contributed by atoms with Crippen molar-refractivity contribution in [2.75, 3.05) is 0 Å². The highest BCUT2D eigenvalue weighted by Gasteiger charge is 2.36. The van der Waals surface area contributed by atoms with E-state index in [1.165, 1.54) is 11.1 Å². The van der Waals surface area contributed by atoms with Crippen molar-refractivity contribution in [3.63, 3.8) is 0 Å². The number of benzene rings is 1. The Labute approximate surface area is 202 Å². The molecule has 2 aliphatic rings. The lowest BCUT2D eigenvalue weighted by Gasteiger charge is -2.28.